The number of fused-ring (bicyclic) bond motifs is 1. The van der Waals surface area contributed by atoms with Crippen molar-refractivity contribution in [3.63, 3.8) is 0 Å². The quantitative estimate of drug-likeness (QED) is 0.821. The van der Waals surface area contributed by atoms with Gasteiger partial charge in [-0.2, -0.15) is 5.10 Å². The monoisotopic (exact) mass is 405 g/mol. The minimum atomic E-state index is -0.545. The predicted molar refractivity (Wildman–Crippen MR) is 118 cm³/mol. The molecule has 0 aromatic heterocycles. The topological polar surface area (TPSA) is 91.0 Å². The highest BCUT2D eigenvalue weighted by molar-refractivity contribution is 6.14. The second-order valence-electron chi connectivity index (χ2n) is 7.74. The van der Waals surface area contributed by atoms with Crippen LogP contribution in [0, 0.1) is 5.92 Å². The van der Waals surface area contributed by atoms with Crippen molar-refractivity contribution in [1.82, 2.24) is 10.3 Å². The standard InChI is InChI=1S/C23H27N5O2/c1-25-22(29)18-10-13-27(14-11-18)19-8-6-17(7-9-19)21-20-5-3-2-4-16(20)12-15-28(26-21)23(24)30/h2-9,18H,10-15H2,1H3,(H2,24,30)(H,25,29). The Labute approximate surface area is 176 Å². The molecule has 0 spiro atoms. The number of hydrazone groups is 1. The highest BCUT2D eigenvalue weighted by atomic mass is 16.2. The second kappa shape index (κ2) is 8.57. The van der Waals surface area contributed by atoms with Gasteiger partial charge in [0, 0.05) is 42.9 Å². The summed E-state index contributed by atoms with van der Waals surface area (Å²) in [5.41, 5.74) is 10.5. The molecule has 2 aromatic rings. The lowest BCUT2D eigenvalue weighted by atomic mass is 9.94. The minimum absolute atomic E-state index is 0.0992. The summed E-state index contributed by atoms with van der Waals surface area (Å²) in [6.07, 6.45) is 2.43. The van der Waals surface area contributed by atoms with Gasteiger partial charge >= 0.3 is 6.03 Å². The van der Waals surface area contributed by atoms with E-state index in [1.807, 2.05) is 30.3 Å². The molecule has 3 N–H and O–H groups in total. The summed E-state index contributed by atoms with van der Waals surface area (Å²) in [5.74, 6) is 0.233. The molecular formula is C23H27N5O2. The molecule has 0 atom stereocenters. The fraction of sp³-hybridized carbons (Fsp3) is 0.348. The molecule has 0 saturated carbocycles. The molecule has 1 fully saturated rings. The van der Waals surface area contributed by atoms with E-state index in [-0.39, 0.29) is 11.8 Å². The van der Waals surface area contributed by atoms with Crippen LogP contribution in [0.15, 0.2) is 53.6 Å². The van der Waals surface area contributed by atoms with Crippen LogP contribution in [0.5, 0.6) is 0 Å². The van der Waals surface area contributed by atoms with Gasteiger partial charge in [-0.15, -0.1) is 0 Å². The summed E-state index contributed by atoms with van der Waals surface area (Å²) >= 11 is 0. The maximum atomic E-state index is 11.9. The molecule has 156 valence electrons. The van der Waals surface area contributed by atoms with E-state index in [1.54, 1.807) is 7.05 Å². The van der Waals surface area contributed by atoms with Gasteiger partial charge in [-0.05, 0) is 37.0 Å². The van der Waals surface area contributed by atoms with Crippen molar-refractivity contribution >= 4 is 23.3 Å². The van der Waals surface area contributed by atoms with E-state index in [9.17, 15) is 9.59 Å². The number of amides is 3. The van der Waals surface area contributed by atoms with Crippen molar-refractivity contribution in [3.05, 3.63) is 65.2 Å². The Morgan fingerprint density at radius 1 is 1.03 bits per heavy atom. The van der Waals surface area contributed by atoms with E-state index >= 15 is 0 Å². The number of nitrogens with two attached hydrogens (primary N) is 1. The first-order valence-corrected chi connectivity index (χ1v) is 10.4. The fourth-order valence-electron chi connectivity index (χ4n) is 4.23. The first-order valence-electron chi connectivity index (χ1n) is 10.4. The number of piperidine rings is 1. The van der Waals surface area contributed by atoms with Crippen LogP contribution < -0.4 is 16.0 Å². The van der Waals surface area contributed by atoms with Crippen molar-refractivity contribution < 1.29 is 9.59 Å². The zero-order valence-electron chi connectivity index (χ0n) is 17.2. The molecule has 7 heteroatoms. The van der Waals surface area contributed by atoms with Gasteiger partial charge in [0.15, 0.2) is 0 Å². The summed E-state index contributed by atoms with van der Waals surface area (Å²) in [5, 5.41) is 8.68. The first kappa shape index (κ1) is 19.9. The Bertz CT molecular complexity index is 962. The van der Waals surface area contributed by atoms with Crippen LogP contribution in [-0.4, -0.2) is 49.3 Å². The van der Waals surface area contributed by atoms with Crippen LogP contribution >= 0.6 is 0 Å². The van der Waals surface area contributed by atoms with E-state index in [0.717, 1.165) is 54.0 Å². The van der Waals surface area contributed by atoms with E-state index < -0.39 is 6.03 Å². The highest BCUT2D eigenvalue weighted by Gasteiger charge is 2.25. The third-order valence-electron chi connectivity index (χ3n) is 5.96. The van der Waals surface area contributed by atoms with Gasteiger partial charge in [-0.25, -0.2) is 9.80 Å². The SMILES string of the molecule is CNC(=O)C1CCN(c2ccc(C3=NN(C(N)=O)CCc4ccccc43)cc2)CC1. The molecule has 4 rings (SSSR count). The molecule has 30 heavy (non-hydrogen) atoms. The Morgan fingerprint density at radius 3 is 2.40 bits per heavy atom. The van der Waals surface area contributed by atoms with Gasteiger partial charge < -0.3 is 16.0 Å². The zero-order chi connectivity index (χ0) is 21.1. The molecule has 2 aromatic carbocycles. The third-order valence-corrected chi connectivity index (χ3v) is 5.96. The van der Waals surface area contributed by atoms with Crippen molar-refractivity contribution in [3.8, 4) is 0 Å². The van der Waals surface area contributed by atoms with Crippen LogP contribution in [-0.2, 0) is 11.2 Å². The number of primary amides is 1. The number of urea groups is 1. The summed E-state index contributed by atoms with van der Waals surface area (Å²) in [7, 11) is 1.70. The molecule has 2 aliphatic heterocycles. The predicted octanol–water partition coefficient (Wildman–Crippen LogP) is 2.34. The average molecular weight is 406 g/mol. The van der Waals surface area contributed by atoms with Crippen LogP contribution in [0.1, 0.15) is 29.5 Å². The molecule has 7 nitrogen and oxygen atoms in total. The van der Waals surface area contributed by atoms with E-state index in [4.69, 9.17) is 5.73 Å². The minimum Gasteiger partial charge on any atom is -0.371 e. The average Bonchev–Trinajstić information content (AvgIpc) is 2.99. The van der Waals surface area contributed by atoms with Crippen molar-refractivity contribution in [2.75, 3.05) is 31.6 Å². The maximum Gasteiger partial charge on any atom is 0.335 e. The molecule has 2 heterocycles. The van der Waals surface area contributed by atoms with Gasteiger partial charge in [-0.3, -0.25) is 4.79 Å². The molecule has 2 aliphatic rings. The lowest BCUT2D eigenvalue weighted by Gasteiger charge is -2.33. The van der Waals surface area contributed by atoms with Gasteiger partial charge in [0.2, 0.25) is 5.91 Å². The van der Waals surface area contributed by atoms with E-state index in [2.05, 4.69) is 33.5 Å². The third kappa shape index (κ3) is 4.01. The molecule has 3 amide bonds. The van der Waals surface area contributed by atoms with E-state index in [0.29, 0.717) is 13.0 Å². The summed E-state index contributed by atoms with van der Waals surface area (Å²) < 4.78 is 0. The van der Waals surface area contributed by atoms with Crippen molar-refractivity contribution in [1.29, 1.82) is 0 Å². The molecule has 1 saturated heterocycles. The molecule has 0 bridgehead atoms. The van der Waals surface area contributed by atoms with Crippen molar-refractivity contribution in [2.45, 2.75) is 19.3 Å². The number of carbonyl (C=O) groups is 2. The normalized spacial score (nSPS) is 17.0. The van der Waals surface area contributed by atoms with Crippen LogP contribution in [0.25, 0.3) is 0 Å². The van der Waals surface area contributed by atoms with Crippen LogP contribution in [0.4, 0.5) is 10.5 Å². The lowest BCUT2D eigenvalue weighted by Crippen LogP contribution is -2.39. The van der Waals surface area contributed by atoms with Crippen LogP contribution in [0.3, 0.4) is 0 Å². The summed E-state index contributed by atoms with van der Waals surface area (Å²) in [4.78, 5) is 26.0. The smallest absolute Gasteiger partial charge is 0.335 e. The number of hydrogen-bond acceptors (Lipinski definition) is 4. The lowest BCUT2D eigenvalue weighted by molar-refractivity contribution is -0.125. The van der Waals surface area contributed by atoms with Crippen LogP contribution in [0.2, 0.25) is 0 Å². The van der Waals surface area contributed by atoms with Gasteiger partial charge in [0.1, 0.15) is 0 Å². The van der Waals surface area contributed by atoms with Crippen molar-refractivity contribution in [2.24, 2.45) is 16.8 Å². The molecule has 0 unspecified atom stereocenters. The molecule has 0 aliphatic carbocycles. The number of rotatable bonds is 3. The Morgan fingerprint density at radius 2 is 1.73 bits per heavy atom. The zero-order valence-corrected chi connectivity index (χ0v) is 17.2. The van der Waals surface area contributed by atoms with Gasteiger partial charge in [0.25, 0.3) is 0 Å². The number of hydrogen-bond donors (Lipinski definition) is 2. The number of nitrogens with zero attached hydrogens (tertiary/aromatic N) is 3. The summed E-state index contributed by atoms with van der Waals surface area (Å²) in [6.45, 7) is 2.18. The summed E-state index contributed by atoms with van der Waals surface area (Å²) in [6, 6.07) is 15.8. The number of carbonyl (C=O) groups excluding carboxylic acids is 2. The number of anilines is 1. The first-order chi connectivity index (χ1) is 14.6. The largest absolute Gasteiger partial charge is 0.371 e. The second-order valence-corrected chi connectivity index (χ2v) is 7.74. The Kier molecular flexibility index (Phi) is 5.70. The molecular weight excluding hydrogens is 378 g/mol. The number of benzene rings is 2. The number of nitrogens with one attached hydrogen (secondary N) is 1. The van der Waals surface area contributed by atoms with Gasteiger partial charge in [-0.1, -0.05) is 36.4 Å². The van der Waals surface area contributed by atoms with Gasteiger partial charge in [0.05, 0.1) is 12.3 Å². The molecule has 0 radical (unpaired) electrons. The fourth-order valence-corrected chi connectivity index (χ4v) is 4.23. The Balaban J connectivity index is 1.57. The maximum absolute atomic E-state index is 11.9. The Hall–Kier alpha value is -3.35. The highest BCUT2D eigenvalue weighted by Crippen LogP contribution is 2.26. The van der Waals surface area contributed by atoms with E-state index in [1.165, 1.54) is 5.01 Å².